The Labute approximate surface area is 62.2 Å². The highest BCUT2D eigenvalue weighted by atomic mass is 16.6. The first-order valence-corrected chi connectivity index (χ1v) is 3.96. The zero-order valence-electron chi connectivity index (χ0n) is 6.52. The third-order valence-electron chi connectivity index (χ3n) is 1.72. The highest BCUT2D eigenvalue weighted by Gasteiger charge is 2.06. The average Bonchev–Trinajstić information content (AvgIpc) is 1.84. The van der Waals surface area contributed by atoms with Crippen LogP contribution in [0, 0.1) is 0 Å². The predicted molar refractivity (Wildman–Crippen MR) is 41.6 cm³/mol. The van der Waals surface area contributed by atoms with Gasteiger partial charge in [0.25, 0.3) is 0 Å². The van der Waals surface area contributed by atoms with Gasteiger partial charge in [0, 0.05) is 6.54 Å². The Bertz CT molecular complexity index is 114. The summed E-state index contributed by atoms with van der Waals surface area (Å²) in [6, 6.07) is 0. The second kappa shape index (κ2) is 4.47. The molecule has 0 unspecified atom stereocenters. The van der Waals surface area contributed by atoms with E-state index in [1.807, 2.05) is 6.92 Å². The molecule has 1 aliphatic carbocycles. The van der Waals surface area contributed by atoms with Gasteiger partial charge in [-0.2, -0.15) is 5.48 Å². The lowest BCUT2D eigenvalue weighted by atomic mass is 9.92. The Morgan fingerprint density at radius 2 is 2.40 bits per heavy atom. The lowest BCUT2D eigenvalue weighted by Gasteiger charge is -2.15. The van der Waals surface area contributed by atoms with E-state index in [9.17, 15) is 0 Å². The highest BCUT2D eigenvalue weighted by molar-refractivity contribution is 5.09. The van der Waals surface area contributed by atoms with E-state index >= 15 is 0 Å². The van der Waals surface area contributed by atoms with Crippen LogP contribution < -0.4 is 5.48 Å². The van der Waals surface area contributed by atoms with Gasteiger partial charge in [-0.1, -0.05) is 11.6 Å². The highest BCUT2D eigenvalue weighted by Crippen LogP contribution is 2.24. The summed E-state index contributed by atoms with van der Waals surface area (Å²) >= 11 is 0. The van der Waals surface area contributed by atoms with E-state index in [4.69, 9.17) is 4.84 Å². The molecule has 2 heteroatoms. The molecule has 1 rings (SSSR count). The molecular formula is C8H15NO. The number of allylic oxidation sites excluding steroid dienone is 1. The zero-order chi connectivity index (χ0) is 7.23. The minimum atomic E-state index is 0.739. The van der Waals surface area contributed by atoms with Crippen LogP contribution in [0.15, 0.2) is 11.6 Å². The molecule has 1 fully saturated rings. The van der Waals surface area contributed by atoms with Crippen LogP contribution in [-0.2, 0) is 4.84 Å². The molecule has 0 spiro atoms. The normalized spacial score (nSPS) is 16.7. The zero-order valence-corrected chi connectivity index (χ0v) is 6.52. The average molecular weight is 141 g/mol. The van der Waals surface area contributed by atoms with E-state index in [1.165, 1.54) is 19.3 Å². The molecule has 0 heterocycles. The summed E-state index contributed by atoms with van der Waals surface area (Å²) < 4.78 is 0. The summed E-state index contributed by atoms with van der Waals surface area (Å²) in [5.41, 5.74) is 4.43. The van der Waals surface area contributed by atoms with Crippen LogP contribution in [0.1, 0.15) is 26.2 Å². The first-order valence-electron chi connectivity index (χ1n) is 3.96. The molecule has 10 heavy (non-hydrogen) atoms. The van der Waals surface area contributed by atoms with Crippen molar-refractivity contribution >= 4 is 0 Å². The van der Waals surface area contributed by atoms with Gasteiger partial charge < -0.3 is 4.84 Å². The molecule has 58 valence electrons. The Hall–Kier alpha value is -0.340. The van der Waals surface area contributed by atoms with Crippen LogP contribution in [0.25, 0.3) is 0 Å². The van der Waals surface area contributed by atoms with Crippen LogP contribution in [0.3, 0.4) is 0 Å². The SMILES string of the molecule is CCONCC=C1CCC1. The van der Waals surface area contributed by atoms with Crippen LogP contribution >= 0.6 is 0 Å². The fourth-order valence-electron chi connectivity index (χ4n) is 0.932. The summed E-state index contributed by atoms with van der Waals surface area (Å²) in [5.74, 6) is 0. The second-order valence-electron chi connectivity index (χ2n) is 2.50. The lowest BCUT2D eigenvalue weighted by Crippen LogP contribution is -2.15. The third kappa shape index (κ3) is 2.50. The second-order valence-corrected chi connectivity index (χ2v) is 2.50. The molecule has 1 N–H and O–H groups in total. The molecule has 0 radical (unpaired) electrons. The Morgan fingerprint density at radius 1 is 1.60 bits per heavy atom. The number of hydroxylamine groups is 1. The van der Waals surface area contributed by atoms with Gasteiger partial charge in [-0.25, -0.2) is 0 Å². The van der Waals surface area contributed by atoms with E-state index in [-0.39, 0.29) is 0 Å². The predicted octanol–water partition coefficient (Wildman–Crippen LogP) is 1.64. The molecule has 0 aromatic heterocycles. The van der Waals surface area contributed by atoms with Gasteiger partial charge in [0.2, 0.25) is 0 Å². The van der Waals surface area contributed by atoms with E-state index in [0.717, 1.165) is 13.2 Å². The lowest BCUT2D eigenvalue weighted by molar-refractivity contribution is 0.0585. The summed E-state index contributed by atoms with van der Waals surface area (Å²) in [5, 5.41) is 0. The van der Waals surface area contributed by atoms with Crippen molar-refractivity contribution in [3.63, 3.8) is 0 Å². The molecule has 0 aromatic carbocycles. The summed E-state index contributed by atoms with van der Waals surface area (Å²) in [4.78, 5) is 4.96. The number of hydrogen-bond donors (Lipinski definition) is 1. The molecule has 0 aromatic rings. The Morgan fingerprint density at radius 3 is 2.90 bits per heavy atom. The van der Waals surface area contributed by atoms with Crippen LogP contribution in [0.2, 0.25) is 0 Å². The van der Waals surface area contributed by atoms with Gasteiger partial charge >= 0.3 is 0 Å². The maximum Gasteiger partial charge on any atom is 0.0654 e. The minimum Gasteiger partial charge on any atom is -0.302 e. The molecule has 0 atom stereocenters. The van der Waals surface area contributed by atoms with Gasteiger partial charge in [0.1, 0.15) is 0 Å². The number of rotatable bonds is 4. The van der Waals surface area contributed by atoms with Gasteiger partial charge in [-0.3, -0.25) is 0 Å². The van der Waals surface area contributed by atoms with Crippen molar-refractivity contribution in [2.24, 2.45) is 0 Å². The Balaban J connectivity index is 1.93. The van der Waals surface area contributed by atoms with Crippen molar-refractivity contribution in [1.29, 1.82) is 0 Å². The molecule has 1 aliphatic rings. The molecular weight excluding hydrogens is 126 g/mol. The summed E-state index contributed by atoms with van der Waals surface area (Å²) in [6.45, 7) is 3.58. The van der Waals surface area contributed by atoms with E-state index in [0.29, 0.717) is 0 Å². The third-order valence-corrected chi connectivity index (χ3v) is 1.72. The van der Waals surface area contributed by atoms with E-state index in [1.54, 1.807) is 5.57 Å². The van der Waals surface area contributed by atoms with E-state index in [2.05, 4.69) is 11.6 Å². The van der Waals surface area contributed by atoms with Gasteiger partial charge in [0.15, 0.2) is 0 Å². The van der Waals surface area contributed by atoms with Crippen molar-refractivity contribution in [2.75, 3.05) is 13.2 Å². The largest absolute Gasteiger partial charge is 0.302 e. The van der Waals surface area contributed by atoms with Crippen molar-refractivity contribution in [2.45, 2.75) is 26.2 Å². The summed E-state index contributed by atoms with van der Waals surface area (Å²) in [6.07, 6.45) is 6.20. The van der Waals surface area contributed by atoms with Gasteiger partial charge in [-0.15, -0.1) is 0 Å². The molecule has 1 saturated carbocycles. The topological polar surface area (TPSA) is 21.3 Å². The monoisotopic (exact) mass is 141 g/mol. The van der Waals surface area contributed by atoms with Crippen molar-refractivity contribution in [3.05, 3.63) is 11.6 Å². The van der Waals surface area contributed by atoms with Crippen molar-refractivity contribution < 1.29 is 4.84 Å². The first kappa shape index (κ1) is 7.76. The van der Waals surface area contributed by atoms with Gasteiger partial charge in [-0.05, 0) is 26.2 Å². The standard InChI is InChI=1S/C8H15NO/c1-2-10-9-7-6-8-4-3-5-8/h6,9H,2-5,7H2,1H3. The molecule has 0 aliphatic heterocycles. The Kier molecular flexibility index (Phi) is 3.47. The molecule has 2 nitrogen and oxygen atoms in total. The van der Waals surface area contributed by atoms with Crippen molar-refractivity contribution in [3.8, 4) is 0 Å². The number of hydrogen-bond acceptors (Lipinski definition) is 2. The number of nitrogens with one attached hydrogen (secondary N) is 1. The van der Waals surface area contributed by atoms with Gasteiger partial charge in [0.05, 0.1) is 6.61 Å². The quantitative estimate of drug-likeness (QED) is 0.365. The first-order chi connectivity index (χ1) is 4.93. The maximum atomic E-state index is 4.96. The van der Waals surface area contributed by atoms with Crippen LogP contribution in [0.5, 0.6) is 0 Å². The molecule has 0 bridgehead atoms. The molecule has 0 saturated heterocycles. The fourth-order valence-corrected chi connectivity index (χ4v) is 0.932. The van der Waals surface area contributed by atoms with Crippen molar-refractivity contribution in [1.82, 2.24) is 5.48 Å². The molecule has 0 amide bonds. The van der Waals surface area contributed by atoms with Crippen LogP contribution in [0.4, 0.5) is 0 Å². The summed E-state index contributed by atoms with van der Waals surface area (Å²) in [7, 11) is 0. The van der Waals surface area contributed by atoms with Crippen LogP contribution in [-0.4, -0.2) is 13.2 Å². The minimum absolute atomic E-state index is 0.739. The maximum absolute atomic E-state index is 4.96. The fraction of sp³-hybridized carbons (Fsp3) is 0.750. The van der Waals surface area contributed by atoms with E-state index < -0.39 is 0 Å². The smallest absolute Gasteiger partial charge is 0.0654 e.